The Balaban J connectivity index is 1.44. The first kappa shape index (κ1) is 16.5. The number of aromatic nitrogens is 7. The number of fused-ring (bicyclic) bond motifs is 1. The highest BCUT2D eigenvalue weighted by Crippen LogP contribution is 2.23. The zero-order valence-electron chi connectivity index (χ0n) is 15.3. The Morgan fingerprint density at radius 1 is 0.750 bits per heavy atom. The summed E-state index contributed by atoms with van der Waals surface area (Å²) < 4.78 is 1.93. The van der Waals surface area contributed by atoms with Crippen molar-refractivity contribution in [3.63, 3.8) is 0 Å². The van der Waals surface area contributed by atoms with Gasteiger partial charge in [-0.25, -0.2) is 9.97 Å². The average Bonchev–Trinajstić information content (AvgIpc) is 3.05. The summed E-state index contributed by atoms with van der Waals surface area (Å²) in [6.45, 7) is 3.70. The van der Waals surface area contributed by atoms with Gasteiger partial charge in [0.15, 0.2) is 11.6 Å². The van der Waals surface area contributed by atoms with E-state index in [0.717, 1.165) is 44.1 Å². The molecule has 0 radical (unpaired) electrons. The van der Waals surface area contributed by atoms with Crippen molar-refractivity contribution in [2.75, 3.05) is 36.0 Å². The lowest BCUT2D eigenvalue weighted by Gasteiger charge is -2.24. The zero-order valence-corrected chi connectivity index (χ0v) is 15.3. The molecule has 1 aliphatic rings. The third-order valence-corrected chi connectivity index (χ3v) is 4.92. The molecule has 5 heterocycles. The molecular weight excluding hydrogens is 354 g/mol. The first-order valence-corrected chi connectivity index (χ1v) is 9.26. The molecule has 0 atom stereocenters. The summed E-state index contributed by atoms with van der Waals surface area (Å²) in [7, 11) is 0. The van der Waals surface area contributed by atoms with Gasteiger partial charge < -0.3 is 9.80 Å². The molecular formula is C19H19N9. The molecule has 9 heteroatoms. The lowest BCUT2D eigenvalue weighted by atomic mass is 10.3. The minimum absolute atomic E-state index is 0.667. The Kier molecular flexibility index (Phi) is 4.24. The van der Waals surface area contributed by atoms with E-state index < -0.39 is 0 Å². The molecule has 0 bridgehead atoms. The number of pyridine rings is 1. The summed E-state index contributed by atoms with van der Waals surface area (Å²) in [5.41, 5.74) is 2.63. The van der Waals surface area contributed by atoms with E-state index in [1.54, 1.807) is 24.8 Å². The molecule has 0 spiro atoms. The average molecular weight is 373 g/mol. The van der Waals surface area contributed by atoms with Crippen LogP contribution in [0.5, 0.6) is 0 Å². The van der Waals surface area contributed by atoms with Gasteiger partial charge in [0.2, 0.25) is 5.65 Å². The molecule has 1 aliphatic heterocycles. The van der Waals surface area contributed by atoms with Crippen LogP contribution in [0.1, 0.15) is 6.42 Å². The van der Waals surface area contributed by atoms with E-state index in [1.165, 1.54) is 5.69 Å². The van der Waals surface area contributed by atoms with Gasteiger partial charge >= 0.3 is 0 Å². The topological polar surface area (TPSA) is 88.2 Å². The first-order valence-electron chi connectivity index (χ1n) is 9.26. The van der Waals surface area contributed by atoms with Crippen LogP contribution in [-0.2, 0) is 0 Å². The molecule has 28 heavy (non-hydrogen) atoms. The van der Waals surface area contributed by atoms with Crippen LogP contribution in [0.2, 0.25) is 0 Å². The number of hydrogen-bond donors (Lipinski definition) is 0. The van der Waals surface area contributed by atoms with Crippen LogP contribution in [-0.4, -0.2) is 60.7 Å². The third kappa shape index (κ3) is 3.00. The van der Waals surface area contributed by atoms with Crippen molar-refractivity contribution in [3.05, 3.63) is 55.5 Å². The van der Waals surface area contributed by atoms with Crippen LogP contribution < -0.4 is 9.80 Å². The van der Waals surface area contributed by atoms with Gasteiger partial charge in [0.05, 0.1) is 6.20 Å². The van der Waals surface area contributed by atoms with Crippen LogP contribution in [0, 0.1) is 0 Å². The van der Waals surface area contributed by atoms with Crippen LogP contribution in [0.15, 0.2) is 55.5 Å². The number of nitrogens with zero attached hydrogens (tertiary/aromatic N) is 9. The molecule has 0 amide bonds. The highest BCUT2D eigenvalue weighted by Gasteiger charge is 2.21. The van der Waals surface area contributed by atoms with Gasteiger partial charge in [0.1, 0.15) is 5.69 Å². The van der Waals surface area contributed by atoms with E-state index in [9.17, 15) is 0 Å². The van der Waals surface area contributed by atoms with Gasteiger partial charge in [-0.3, -0.25) is 14.4 Å². The largest absolute Gasteiger partial charge is 0.370 e. The van der Waals surface area contributed by atoms with Crippen LogP contribution in [0.25, 0.3) is 17.2 Å². The molecule has 0 N–H and O–H groups in total. The van der Waals surface area contributed by atoms with Crippen LogP contribution >= 0.6 is 0 Å². The van der Waals surface area contributed by atoms with E-state index in [-0.39, 0.29) is 0 Å². The van der Waals surface area contributed by atoms with E-state index in [4.69, 9.17) is 0 Å². The van der Waals surface area contributed by atoms with E-state index in [2.05, 4.69) is 52.1 Å². The summed E-state index contributed by atoms with van der Waals surface area (Å²) >= 11 is 0. The maximum Gasteiger partial charge on any atom is 0.204 e. The van der Waals surface area contributed by atoms with Crippen molar-refractivity contribution in [2.24, 2.45) is 0 Å². The maximum atomic E-state index is 4.62. The van der Waals surface area contributed by atoms with Crippen molar-refractivity contribution >= 4 is 17.2 Å². The predicted molar refractivity (Wildman–Crippen MR) is 105 cm³/mol. The summed E-state index contributed by atoms with van der Waals surface area (Å²) in [5.74, 6) is 1.52. The molecule has 0 saturated carbocycles. The SMILES string of the molecule is c1cc(N2CCCN(c3nccn4c(-c5cnccn5)nnc34)CC2)ccn1. The Bertz CT molecular complexity index is 1060. The second-order valence-electron chi connectivity index (χ2n) is 6.59. The number of anilines is 2. The highest BCUT2D eigenvalue weighted by atomic mass is 15.3. The molecule has 5 rings (SSSR count). The highest BCUT2D eigenvalue weighted by molar-refractivity contribution is 5.67. The Labute approximate surface area is 161 Å². The zero-order chi connectivity index (χ0) is 18.8. The van der Waals surface area contributed by atoms with Crippen molar-refractivity contribution in [1.82, 2.24) is 34.5 Å². The lowest BCUT2D eigenvalue weighted by molar-refractivity contribution is 0.796. The van der Waals surface area contributed by atoms with Crippen molar-refractivity contribution < 1.29 is 0 Å². The summed E-state index contributed by atoms with van der Waals surface area (Å²) in [5, 5.41) is 8.73. The molecule has 4 aromatic rings. The standard InChI is InChI=1S/C19H19N9/c1-9-26(15-2-4-20-5-3-15)12-13-27(10-1)18-19-25-24-17(28(19)11-8-23-18)16-14-21-6-7-22-16/h2-8,11,14H,1,9-10,12-13H2. The third-order valence-electron chi connectivity index (χ3n) is 4.92. The van der Waals surface area contributed by atoms with Gasteiger partial charge in [-0.2, -0.15) is 0 Å². The number of rotatable bonds is 3. The molecule has 1 fully saturated rings. The van der Waals surface area contributed by atoms with Crippen molar-refractivity contribution in [2.45, 2.75) is 6.42 Å². The minimum Gasteiger partial charge on any atom is -0.370 e. The predicted octanol–water partition coefficient (Wildman–Crippen LogP) is 1.69. The monoisotopic (exact) mass is 373 g/mol. The lowest BCUT2D eigenvalue weighted by Crippen LogP contribution is -2.31. The van der Waals surface area contributed by atoms with E-state index in [0.29, 0.717) is 11.5 Å². The second kappa shape index (κ2) is 7.18. The van der Waals surface area contributed by atoms with Gasteiger partial charge in [0.25, 0.3) is 0 Å². The van der Waals surface area contributed by atoms with Crippen molar-refractivity contribution in [3.8, 4) is 11.5 Å². The number of hydrogen-bond acceptors (Lipinski definition) is 8. The fraction of sp³-hybridized carbons (Fsp3) is 0.263. The molecule has 1 saturated heterocycles. The van der Waals surface area contributed by atoms with Gasteiger partial charge in [-0.15, -0.1) is 10.2 Å². The normalized spacial score (nSPS) is 15.0. The first-order chi connectivity index (χ1) is 13.9. The molecule has 0 unspecified atom stereocenters. The smallest absolute Gasteiger partial charge is 0.204 e. The van der Waals surface area contributed by atoms with E-state index in [1.807, 2.05) is 23.0 Å². The van der Waals surface area contributed by atoms with Crippen LogP contribution in [0.3, 0.4) is 0 Å². The summed E-state index contributed by atoms with van der Waals surface area (Å²) in [6, 6.07) is 4.11. The summed E-state index contributed by atoms with van der Waals surface area (Å²) in [4.78, 5) is 21.9. The minimum atomic E-state index is 0.667. The Morgan fingerprint density at radius 3 is 2.46 bits per heavy atom. The summed E-state index contributed by atoms with van der Waals surface area (Å²) in [6.07, 6.45) is 13.4. The molecule has 9 nitrogen and oxygen atoms in total. The quantitative estimate of drug-likeness (QED) is 0.536. The maximum absolute atomic E-state index is 4.62. The molecule has 0 aromatic carbocycles. The fourth-order valence-electron chi connectivity index (χ4n) is 3.57. The molecule has 4 aromatic heterocycles. The van der Waals surface area contributed by atoms with Gasteiger partial charge in [-0.1, -0.05) is 0 Å². The van der Waals surface area contributed by atoms with Gasteiger partial charge in [0, 0.05) is 69.0 Å². The van der Waals surface area contributed by atoms with Crippen LogP contribution in [0.4, 0.5) is 11.5 Å². The Hall–Kier alpha value is -3.62. The van der Waals surface area contributed by atoms with Gasteiger partial charge in [-0.05, 0) is 18.6 Å². The molecule has 140 valence electrons. The fourth-order valence-corrected chi connectivity index (χ4v) is 3.57. The Morgan fingerprint density at radius 2 is 1.61 bits per heavy atom. The van der Waals surface area contributed by atoms with Crippen molar-refractivity contribution in [1.29, 1.82) is 0 Å². The second-order valence-corrected chi connectivity index (χ2v) is 6.59. The van der Waals surface area contributed by atoms with E-state index >= 15 is 0 Å². The molecule has 0 aliphatic carbocycles.